The van der Waals surface area contributed by atoms with Gasteiger partial charge in [-0.2, -0.15) is 18.2 Å². The molecule has 7 heteroatoms. The van der Waals surface area contributed by atoms with Crippen LogP contribution in [0.3, 0.4) is 0 Å². The van der Waals surface area contributed by atoms with Gasteiger partial charge in [0.2, 0.25) is 5.89 Å². The zero-order valence-corrected chi connectivity index (χ0v) is 12.0. The van der Waals surface area contributed by atoms with E-state index in [1.54, 1.807) is 0 Å². The van der Waals surface area contributed by atoms with Gasteiger partial charge in [0.25, 0.3) is 0 Å². The van der Waals surface area contributed by atoms with Crippen LogP contribution in [0.15, 0.2) is 28.8 Å². The average molecular weight is 299 g/mol. The fraction of sp³-hybridized carbons (Fsp3) is 0.429. The minimum atomic E-state index is -4.33. The number of halogens is 3. The van der Waals surface area contributed by atoms with E-state index in [1.165, 1.54) is 12.1 Å². The lowest BCUT2D eigenvalue weighted by Gasteiger charge is -2.10. The predicted molar refractivity (Wildman–Crippen MR) is 71.8 cm³/mol. The van der Waals surface area contributed by atoms with Gasteiger partial charge in [-0.25, -0.2) is 0 Å². The summed E-state index contributed by atoms with van der Waals surface area (Å²) >= 11 is 0. The molecule has 0 spiro atoms. The highest BCUT2D eigenvalue weighted by Gasteiger charge is 2.29. The first kappa shape index (κ1) is 15.3. The number of hydrogen-bond donors (Lipinski definition) is 1. The van der Waals surface area contributed by atoms with E-state index >= 15 is 0 Å². The molecule has 0 aliphatic carbocycles. The molecule has 1 heterocycles. The van der Waals surface area contributed by atoms with Crippen LogP contribution in [-0.4, -0.2) is 10.1 Å². The molecule has 0 radical (unpaired) electrons. The van der Waals surface area contributed by atoms with Crippen molar-refractivity contribution in [1.29, 1.82) is 0 Å². The summed E-state index contributed by atoms with van der Waals surface area (Å²) in [6.45, 7) is 6.14. The summed E-state index contributed by atoms with van der Waals surface area (Å²) in [5, 5.41) is 6.78. The third-order valence-corrected chi connectivity index (χ3v) is 2.77. The van der Waals surface area contributed by atoms with Crippen LogP contribution in [0.1, 0.15) is 38.0 Å². The lowest BCUT2D eigenvalue weighted by molar-refractivity contribution is -0.137. The van der Waals surface area contributed by atoms with Crippen LogP contribution >= 0.6 is 0 Å². The second-order valence-corrected chi connectivity index (χ2v) is 5.69. The molecule has 1 aromatic heterocycles. The average Bonchev–Trinajstić information content (AvgIpc) is 2.84. The van der Waals surface area contributed by atoms with Crippen LogP contribution in [0.5, 0.6) is 0 Å². The fourth-order valence-corrected chi connectivity index (χ4v) is 1.59. The maximum absolute atomic E-state index is 12.4. The molecule has 1 N–H and O–H groups in total. The molecule has 21 heavy (non-hydrogen) atoms. The first-order chi connectivity index (χ1) is 9.66. The van der Waals surface area contributed by atoms with Gasteiger partial charge in [-0.3, -0.25) is 0 Å². The summed E-state index contributed by atoms with van der Waals surface area (Å²) in [5.41, 5.74) is -0.354. The zero-order chi connectivity index (χ0) is 15.7. The molecule has 0 fully saturated rings. The number of nitrogens with one attached hydrogen (secondary N) is 1. The van der Waals surface area contributed by atoms with Gasteiger partial charge in [0.05, 0.1) is 12.1 Å². The second kappa shape index (κ2) is 5.38. The van der Waals surface area contributed by atoms with E-state index in [2.05, 4.69) is 15.5 Å². The highest BCUT2D eigenvalue weighted by atomic mass is 19.4. The van der Waals surface area contributed by atoms with Crippen LogP contribution < -0.4 is 5.32 Å². The van der Waals surface area contributed by atoms with Crippen LogP contribution in [0.2, 0.25) is 0 Å². The molecule has 0 amide bonds. The van der Waals surface area contributed by atoms with E-state index < -0.39 is 11.7 Å². The number of benzene rings is 1. The van der Waals surface area contributed by atoms with Crippen molar-refractivity contribution in [2.75, 3.05) is 5.32 Å². The molecule has 1 aromatic carbocycles. The molecule has 2 aromatic rings. The second-order valence-electron chi connectivity index (χ2n) is 5.69. The standard InChI is InChI=1S/C14H16F3N3O/c1-13(2,3)12-19-11(20-21-12)8-18-10-6-4-9(5-7-10)14(15,16)17/h4-7,18H,8H2,1-3H3. The van der Waals surface area contributed by atoms with Crippen molar-refractivity contribution in [3.63, 3.8) is 0 Å². The Bertz CT molecular complexity index is 597. The molecule has 4 nitrogen and oxygen atoms in total. The van der Waals surface area contributed by atoms with Crippen molar-refractivity contribution < 1.29 is 17.7 Å². The van der Waals surface area contributed by atoms with Crippen LogP contribution in [-0.2, 0) is 18.1 Å². The van der Waals surface area contributed by atoms with Gasteiger partial charge >= 0.3 is 6.18 Å². The van der Waals surface area contributed by atoms with Gasteiger partial charge in [-0.05, 0) is 24.3 Å². The number of anilines is 1. The quantitative estimate of drug-likeness (QED) is 0.930. The maximum Gasteiger partial charge on any atom is 0.416 e. The topological polar surface area (TPSA) is 51.0 Å². The summed E-state index contributed by atoms with van der Waals surface area (Å²) < 4.78 is 42.4. The van der Waals surface area contributed by atoms with Gasteiger partial charge in [0, 0.05) is 11.1 Å². The molecule has 0 saturated carbocycles. The number of nitrogens with zero attached hydrogens (tertiary/aromatic N) is 2. The fourth-order valence-electron chi connectivity index (χ4n) is 1.59. The highest BCUT2D eigenvalue weighted by molar-refractivity contribution is 5.45. The molecular weight excluding hydrogens is 283 g/mol. The maximum atomic E-state index is 12.4. The lowest BCUT2D eigenvalue weighted by Crippen LogP contribution is -2.12. The van der Waals surface area contributed by atoms with Gasteiger partial charge in [0.1, 0.15) is 0 Å². The number of rotatable bonds is 3. The molecular formula is C14H16F3N3O. The Labute approximate surface area is 120 Å². The molecule has 0 atom stereocenters. The van der Waals surface area contributed by atoms with E-state index in [-0.39, 0.29) is 12.0 Å². The van der Waals surface area contributed by atoms with Gasteiger partial charge in [0.15, 0.2) is 5.82 Å². The highest BCUT2D eigenvalue weighted by Crippen LogP contribution is 2.29. The summed E-state index contributed by atoms with van der Waals surface area (Å²) in [5.74, 6) is 0.978. The number of hydrogen-bond acceptors (Lipinski definition) is 4. The normalized spacial score (nSPS) is 12.5. The minimum absolute atomic E-state index is 0.237. The van der Waals surface area contributed by atoms with Gasteiger partial charge in [-0.15, -0.1) is 0 Å². The molecule has 0 aliphatic rings. The van der Waals surface area contributed by atoms with Crippen LogP contribution in [0, 0.1) is 0 Å². The van der Waals surface area contributed by atoms with Crippen molar-refractivity contribution in [3.05, 3.63) is 41.5 Å². The lowest BCUT2D eigenvalue weighted by atomic mass is 9.97. The molecule has 0 unspecified atom stereocenters. The van der Waals surface area contributed by atoms with Crippen molar-refractivity contribution in [2.45, 2.75) is 38.9 Å². The Morgan fingerprint density at radius 1 is 1.10 bits per heavy atom. The third-order valence-electron chi connectivity index (χ3n) is 2.77. The van der Waals surface area contributed by atoms with Crippen LogP contribution in [0.25, 0.3) is 0 Å². The first-order valence-electron chi connectivity index (χ1n) is 6.40. The van der Waals surface area contributed by atoms with Crippen molar-refractivity contribution >= 4 is 5.69 Å². The molecule has 114 valence electrons. The van der Waals surface area contributed by atoms with E-state index in [4.69, 9.17) is 4.52 Å². The Balaban J connectivity index is 1.99. The van der Waals surface area contributed by atoms with Gasteiger partial charge < -0.3 is 9.84 Å². The van der Waals surface area contributed by atoms with Crippen LogP contribution in [0.4, 0.5) is 18.9 Å². The minimum Gasteiger partial charge on any atom is -0.378 e. The van der Waals surface area contributed by atoms with Crippen molar-refractivity contribution in [3.8, 4) is 0 Å². The molecule has 0 saturated heterocycles. The van der Waals surface area contributed by atoms with Crippen molar-refractivity contribution in [1.82, 2.24) is 10.1 Å². The third kappa shape index (κ3) is 3.96. The zero-order valence-electron chi connectivity index (χ0n) is 12.0. The molecule has 2 rings (SSSR count). The SMILES string of the molecule is CC(C)(C)c1nc(CNc2ccc(C(F)(F)F)cc2)no1. The van der Waals surface area contributed by atoms with E-state index in [9.17, 15) is 13.2 Å². The summed E-state index contributed by atoms with van der Waals surface area (Å²) in [7, 11) is 0. The Morgan fingerprint density at radius 2 is 1.71 bits per heavy atom. The Hall–Kier alpha value is -2.05. The van der Waals surface area contributed by atoms with E-state index in [0.717, 1.165) is 12.1 Å². The number of alkyl halides is 3. The first-order valence-corrected chi connectivity index (χ1v) is 6.40. The largest absolute Gasteiger partial charge is 0.416 e. The monoisotopic (exact) mass is 299 g/mol. The summed E-state index contributed by atoms with van der Waals surface area (Å²) in [4.78, 5) is 4.23. The van der Waals surface area contributed by atoms with E-state index in [0.29, 0.717) is 17.4 Å². The smallest absolute Gasteiger partial charge is 0.378 e. The predicted octanol–water partition coefficient (Wildman–Crippen LogP) is 4.00. The Kier molecular flexibility index (Phi) is 3.93. The number of aromatic nitrogens is 2. The summed E-state index contributed by atoms with van der Waals surface area (Å²) in [6.07, 6.45) is -4.33. The molecule has 0 aliphatic heterocycles. The summed E-state index contributed by atoms with van der Waals surface area (Å²) in [6, 6.07) is 4.79. The van der Waals surface area contributed by atoms with Gasteiger partial charge in [-0.1, -0.05) is 25.9 Å². The Morgan fingerprint density at radius 3 is 2.19 bits per heavy atom. The van der Waals surface area contributed by atoms with E-state index in [1.807, 2.05) is 20.8 Å². The van der Waals surface area contributed by atoms with Crippen molar-refractivity contribution in [2.24, 2.45) is 0 Å². The molecule has 0 bridgehead atoms.